The van der Waals surface area contributed by atoms with Gasteiger partial charge in [0.15, 0.2) is 5.72 Å². The number of hydrogen-bond donors (Lipinski definition) is 1. The second-order valence-electron chi connectivity index (χ2n) is 7.27. The van der Waals surface area contributed by atoms with Crippen molar-refractivity contribution in [2.75, 3.05) is 12.9 Å². The van der Waals surface area contributed by atoms with Gasteiger partial charge in [-0.15, -0.1) is 11.8 Å². The Morgan fingerprint density at radius 3 is 2.39 bits per heavy atom. The molecule has 2 aliphatic heterocycles. The van der Waals surface area contributed by atoms with Crippen molar-refractivity contribution in [3.05, 3.63) is 75.8 Å². The lowest BCUT2D eigenvalue weighted by molar-refractivity contribution is -0.149. The molecule has 1 N–H and O–H groups in total. The third-order valence-corrected chi connectivity index (χ3v) is 6.73. The van der Waals surface area contributed by atoms with Crippen molar-refractivity contribution in [1.82, 2.24) is 4.90 Å². The van der Waals surface area contributed by atoms with Crippen molar-refractivity contribution in [3.63, 3.8) is 0 Å². The van der Waals surface area contributed by atoms with Crippen LogP contribution in [0.15, 0.2) is 59.1 Å². The molecule has 9 heteroatoms. The Labute approximate surface area is 180 Å². The smallest absolute Gasteiger partial charge is 0.416 e. The molecule has 0 spiro atoms. The number of amides is 1. The Hall–Kier alpha value is -2.96. The van der Waals surface area contributed by atoms with E-state index >= 15 is 0 Å². The first kappa shape index (κ1) is 21.3. The van der Waals surface area contributed by atoms with Gasteiger partial charge in [-0.05, 0) is 29.8 Å². The molecule has 0 radical (unpaired) electrons. The van der Waals surface area contributed by atoms with Crippen LogP contribution < -0.4 is 4.74 Å². The number of halogens is 3. The van der Waals surface area contributed by atoms with Crippen molar-refractivity contribution in [1.29, 1.82) is 5.26 Å². The van der Waals surface area contributed by atoms with Crippen LogP contribution in [0, 0.1) is 11.3 Å². The number of nitriles is 1. The maximum atomic E-state index is 13.1. The molecule has 0 aliphatic carbocycles. The van der Waals surface area contributed by atoms with E-state index in [4.69, 9.17) is 4.74 Å². The van der Waals surface area contributed by atoms with Crippen LogP contribution in [0.2, 0.25) is 0 Å². The highest BCUT2D eigenvalue weighted by atomic mass is 32.2. The van der Waals surface area contributed by atoms with Crippen molar-refractivity contribution >= 4 is 17.7 Å². The van der Waals surface area contributed by atoms with Crippen LogP contribution in [0.1, 0.15) is 29.0 Å². The van der Waals surface area contributed by atoms with Crippen molar-refractivity contribution < 1.29 is 27.8 Å². The lowest BCUT2D eigenvalue weighted by Gasteiger charge is -2.38. The second-order valence-corrected chi connectivity index (χ2v) is 8.23. The largest absolute Gasteiger partial charge is 0.497 e. The Kier molecular flexibility index (Phi) is 5.23. The van der Waals surface area contributed by atoms with Gasteiger partial charge in [0.1, 0.15) is 5.75 Å². The highest BCUT2D eigenvalue weighted by Crippen LogP contribution is 2.51. The molecular weight excluding hydrogens is 429 g/mol. The molecule has 0 unspecified atom stereocenters. The number of thioether (sulfide) groups is 1. The molecule has 2 aromatic carbocycles. The molecule has 0 bridgehead atoms. The Morgan fingerprint density at radius 1 is 1.19 bits per heavy atom. The quantitative estimate of drug-likeness (QED) is 0.759. The number of nitrogens with zero attached hydrogens (tertiary/aromatic N) is 2. The fourth-order valence-electron chi connectivity index (χ4n) is 3.89. The number of hydrogen-bond acceptors (Lipinski definition) is 5. The average Bonchev–Trinajstić information content (AvgIpc) is 3.12. The van der Waals surface area contributed by atoms with Gasteiger partial charge >= 0.3 is 6.18 Å². The number of carbonyl (C=O) groups excluding carboxylic acids is 1. The van der Waals surface area contributed by atoms with Crippen LogP contribution in [-0.2, 0) is 16.7 Å². The van der Waals surface area contributed by atoms with Gasteiger partial charge in [0.05, 0.1) is 35.1 Å². The molecule has 2 aliphatic rings. The van der Waals surface area contributed by atoms with Gasteiger partial charge in [-0.1, -0.05) is 24.3 Å². The second kappa shape index (κ2) is 7.62. The molecule has 0 saturated carbocycles. The van der Waals surface area contributed by atoms with Gasteiger partial charge < -0.3 is 9.84 Å². The van der Waals surface area contributed by atoms with Crippen LogP contribution in [0.3, 0.4) is 0 Å². The van der Waals surface area contributed by atoms with Crippen LogP contribution >= 0.6 is 11.8 Å². The molecule has 1 fully saturated rings. The molecule has 2 aromatic rings. The normalized spacial score (nSPS) is 23.5. The van der Waals surface area contributed by atoms with Crippen LogP contribution in [0.4, 0.5) is 13.2 Å². The van der Waals surface area contributed by atoms with Gasteiger partial charge in [0.2, 0.25) is 5.91 Å². The van der Waals surface area contributed by atoms with Gasteiger partial charge in [-0.25, -0.2) is 0 Å². The van der Waals surface area contributed by atoms with E-state index in [0.717, 1.165) is 12.1 Å². The first-order valence-corrected chi connectivity index (χ1v) is 10.3. The molecule has 1 amide bonds. The Bertz CT molecular complexity index is 1090. The average molecular weight is 446 g/mol. The number of benzene rings is 2. The topological polar surface area (TPSA) is 73.6 Å². The molecule has 2 atom stereocenters. The summed E-state index contributed by atoms with van der Waals surface area (Å²) < 4.78 is 43.8. The fraction of sp³-hybridized carbons (Fsp3) is 0.273. The zero-order valence-corrected chi connectivity index (χ0v) is 17.1. The van der Waals surface area contributed by atoms with Crippen molar-refractivity contribution in [2.45, 2.75) is 24.2 Å². The SMILES string of the molecule is COc1ccc([C@@]2(O)CSC3=C(C#N)[C@H](c4ccc(C(F)(F)F)cc4)CC(=O)N32)cc1. The number of alkyl halides is 3. The van der Waals surface area contributed by atoms with E-state index in [-0.39, 0.29) is 17.7 Å². The maximum Gasteiger partial charge on any atom is 0.416 e. The summed E-state index contributed by atoms with van der Waals surface area (Å²) in [5.74, 6) is -0.344. The van der Waals surface area contributed by atoms with Gasteiger partial charge in [0.25, 0.3) is 0 Å². The Balaban J connectivity index is 1.73. The molecular formula is C22H17F3N2O3S. The minimum atomic E-state index is -4.47. The number of aliphatic hydroxyl groups is 1. The fourth-order valence-corrected chi connectivity index (χ4v) is 5.24. The zero-order valence-electron chi connectivity index (χ0n) is 16.3. The van der Waals surface area contributed by atoms with Crippen LogP contribution in [0.5, 0.6) is 5.75 Å². The lowest BCUT2D eigenvalue weighted by atomic mass is 9.85. The Morgan fingerprint density at radius 2 is 1.84 bits per heavy atom. The first-order chi connectivity index (χ1) is 14.7. The van der Waals surface area contributed by atoms with Gasteiger partial charge in [-0.2, -0.15) is 18.4 Å². The zero-order chi connectivity index (χ0) is 22.4. The van der Waals surface area contributed by atoms with E-state index in [2.05, 4.69) is 6.07 Å². The third kappa shape index (κ3) is 3.56. The summed E-state index contributed by atoms with van der Waals surface area (Å²) in [6.07, 6.45) is -4.60. The molecule has 4 rings (SSSR count). The predicted octanol–water partition coefficient (Wildman–Crippen LogP) is 4.36. The van der Waals surface area contributed by atoms with E-state index in [1.165, 1.54) is 35.9 Å². The minimum absolute atomic E-state index is 0.128. The monoisotopic (exact) mass is 446 g/mol. The number of ether oxygens (including phenoxy) is 1. The summed E-state index contributed by atoms with van der Waals surface area (Å²) >= 11 is 1.18. The lowest BCUT2D eigenvalue weighted by Crippen LogP contribution is -2.48. The first-order valence-electron chi connectivity index (χ1n) is 9.33. The highest BCUT2D eigenvalue weighted by Gasteiger charge is 2.51. The molecule has 5 nitrogen and oxygen atoms in total. The third-order valence-electron chi connectivity index (χ3n) is 5.50. The van der Waals surface area contributed by atoms with Crippen molar-refractivity contribution in [2.24, 2.45) is 0 Å². The number of rotatable bonds is 3. The molecule has 2 heterocycles. The summed E-state index contributed by atoms with van der Waals surface area (Å²) in [5, 5.41) is 21.5. The van der Waals surface area contributed by atoms with E-state index in [1.54, 1.807) is 24.3 Å². The van der Waals surface area contributed by atoms with E-state index < -0.39 is 29.3 Å². The van der Waals surface area contributed by atoms with E-state index in [1.807, 2.05) is 0 Å². The molecule has 1 saturated heterocycles. The number of carbonyl (C=O) groups is 1. The molecule has 160 valence electrons. The van der Waals surface area contributed by atoms with E-state index in [0.29, 0.717) is 21.9 Å². The minimum Gasteiger partial charge on any atom is -0.497 e. The van der Waals surface area contributed by atoms with Crippen molar-refractivity contribution in [3.8, 4) is 11.8 Å². The summed E-state index contributed by atoms with van der Waals surface area (Å²) in [5.41, 5.74) is -1.24. The number of allylic oxidation sites excluding steroid dienone is 1. The summed E-state index contributed by atoms with van der Waals surface area (Å²) in [6, 6.07) is 13.2. The standard InChI is InChI=1S/C22H17F3N2O3S/c1-30-16-8-6-14(7-9-16)21(29)12-31-20-18(11-26)17(10-19(28)27(20)21)13-2-4-15(5-3-13)22(23,24)25/h2-9,17,29H,10,12H2,1H3/t17-,21-/m0/s1. The molecule has 0 aromatic heterocycles. The predicted molar refractivity (Wildman–Crippen MR) is 108 cm³/mol. The number of methoxy groups -OCH3 is 1. The summed E-state index contributed by atoms with van der Waals surface area (Å²) in [7, 11) is 1.52. The van der Waals surface area contributed by atoms with Gasteiger partial charge in [-0.3, -0.25) is 9.69 Å². The van der Waals surface area contributed by atoms with Gasteiger partial charge in [0, 0.05) is 17.9 Å². The number of fused-ring (bicyclic) bond motifs is 1. The maximum absolute atomic E-state index is 13.1. The van der Waals surface area contributed by atoms with E-state index in [9.17, 15) is 28.3 Å². The summed E-state index contributed by atoms with van der Waals surface area (Å²) in [6.45, 7) is 0. The van der Waals surface area contributed by atoms with Crippen LogP contribution in [0.25, 0.3) is 0 Å². The molecule has 31 heavy (non-hydrogen) atoms. The van der Waals surface area contributed by atoms with Crippen LogP contribution in [-0.4, -0.2) is 28.8 Å². The highest BCUT2D eigenvalue weighted by molar-refractivity contribution is 8.03. The summed E-state index contributed by atoms with van der Waals surface area (Å²) in [4.78, 5) is 14.3.